The maximum Gasteiger partial charge on any atom is 0.343 e. The first-order valence-electron chi connectivity index (χ1n) is 16.2. The first-order chi connectivity index (χ1) is 21.9. The van der Waals surface area contributed by atoms with Crippen molar-refractivity contribution in [2.24, 2.45) is 0 Å². The van der Waals surface area contributed by atoms with Gasteiger partial charge in [-0.2, -0.15) is 0 Å². The number of carbonyl (C=O) groups excluding carboxylic acids is 2. The van der Waals surface area contributed by atoms with Gasteiger partial charge in [-0.3, -0.25) is 0 Å². The third-order valence-electron chi connectivity index (χ3n) is 7.31. The van der Waals surface area contributed by atoms with Crippen molar-refractivity contribution in [1.29, 1.82) is 0 Å². The number of carbonyl (C=O) groups is 3. The van der Waals surface area contributed by atoms with E-state index < -0.39 is 17.9 Å². The lowest BCUT2D eigenvalue weighted by molar-refractivity contribution is 0.0670. The number of aromatic carboxylic acids is 1. The fourth-order valence-electron chi connectivity index (χ4n) is 4.67. The molecule has 0 radical (unpaired) electrons. The van der Waals surface area contributed by atoms with E-state index in [1.165, 1.54) is 63.5 Å². The Labute approximate surface area is 266 Å². The van der Waals surface area contributed by atoms with Gasteiger partial charge in [0.1, 0.15) is 28.6 Å². The topological polar surface area (TPSA) is 108 Å². The minimum absolute atomic E-state index is 0.00691. The molecule has 0 aliphatic heterocycles. The standard InChI is InChI=1S/C37H46O8/c1-3-5-7-9-11-13-25-42-30-19-15-28(16-20-30)36(40)44-32-23-24-34(33(27-32)35(38)39)45-37(41)29-17-21-31(22-18-29)43-26-14-12-10-8-6-4-2/h15-24,27H,3-14,25-26H2,1-2H3,(H,38,39). The summed E-state index contributed by atoms with van der Waals surface area (Å²) >= 11 is 0. The molecule has 8 nitrogen and oxygen atoms in total. The van der Waals surface area contributed by atoms with Gasteiger partial charge in [0.25, 0.3) is 0 Å². The number of ether oxygens (including phenoxy) is 4. The van der Waals surface area contributed by atoms with Crippen LogP contribution in [0, 0.1) is 0 Å². The van der Waals surface area contributed by atoms with Crippen LogP contribution in [-0.4, -0.2) is 36.2 Å². The molecule has 0 aromatic heterocycles. The summed E-state index contributed by atoms with van der Waals surface area (Å²) in [4.78, 5) is 37.4. The predicted molar refractivity (Wildman–Crippen MR) is 174 cm³/mol. The van der Waals surface area contributed by atoms with Crippen LogP contribution in [0.15, 0.2) is 66.7 Å². The zero-order chi connectivity index (χ0) is 32.3. The van der Waals surface area contributed by atoms with Crippen molar-refractivity contribution < 1.29 is 38.4 Å². The van der Waals surface area contributed by atoms with Crippen molar-refractivity contribution in [1.82, 2.24) is 0 Å². The van der Waals surface area contributed by atoms with Gasteiger partial charge in [0, 0.05) is 0 Å². The van der Waals surface area contributed by atoms with E-state index in [-0.39, 0.29) is 28.2 Å². The molecule has 0 fully saturated rings. The number of hydrogen-bond donors (Lipinski definition) is 1. The van der Waals surface area contributed by atoms with Crippen LogP contribution in [0.4, 0.5) is 0 Å². The van der Waals surface area contributed by atoms with Crippen LogP contribution in [0.25, 0.3) is 0 Å². The van der Waals surface area contributed by atoms with E-state index in [0.29, 0.717) is 24.7 Å². The van der Waals surface area contributed by atoms with Gasteiger partial charge in [-0.1, -0.05) is 78.1 Å². The van der Waals surface area contributed by atoms with Crippen LogP contribution in [0.5, 0.6) is 23.0 Å². The van der Waals surface area contributed by atoms with Gasteiger partial charge in [-0.05, 0) is 79.6 Å². The van der Waals surface area contributed by atoms with Gasteiger partial charge in [0.05, 0.1) is 24.3 Å². The highest BCUT2D eigenvalue weighted by Gasteiger charge is 2.19. The second-order valence-corrected chi connectivity index (χ2v) is 11.0. The number of hydrogen-bond acceptors (Lipinski definition) is 7. The average Bonchev–Trinajstić information content (AvgIpc) is 3.05. The molecule has 0 saturated heterocycles. The Hall–Kier alpha value is -4.33. The Kier molecular flexibility index (Phi) is 15.5. The van der Waals surface area contributed by atoms with E-state index in [4.69, 9.17) is 18.9 Å². The van der Waals surface area contributed by atoms with Gasteiger partial charge in [-0.25, -0.2) is 14.4 Å². The number of carboxylic acid groups (broad SMARTS) is 1. The number of benzene rings is 3. The molecule has 3 rings (SSSR count). The van der Waals surface area contributed by atoms with E-state index in [2.05, 4.69) is 13.8 Å². The summed E-state index contributed by atoms with van der Waals surface area (Å²) in [7, 11) is 0. The summed E-state index contributed by atoms with van der Waals surface area (Å²) in [5, 5.41) is 9.74. The Morgan fingerprint density at radius 3 is 1.42 bits per heavy atom. The quantitative estimate of drug-likeness (QED) is 0.0715. The molecule has 0 spiro atoms. The fraction of sp³-hybridized carbons (Fsp3) is 0.432. The maximum atomic E-state index is 12.7. The highest BCUT2D eigenvalue weighted by atomic mass is 16.5. The van der Waals surface area contributed by atoms with Crippen molar-refractivity contribution in [3.8, 4) is 23.0 Å². The smallest absolute Gasteiger partial charge is 0.343 e. The summed E-state index contributed by atoms with van der Waals surface area (Å²) in [5.74, 6) is -1.56. The first-order valence-corrected chi connectivity index (χ1v) is 16.2. The van der Waals surface area contributed by atoms with Crippen molar-refractivity contribution in [3.63, 3.8) is 0 Å². The fourth-order valence-corrected chi connectivity index (χ4v) is 4.67. The number of unbranched alkanes of at least 4 members (excludes halogenated alkanes) is 10. The zero-order valence-corrected chi connectivity index (χ0v) is 26.6. The molecule has 0 atom stereocenters. The third kappa shape index (κ3) is 12.7. The van der Waals surface area contributed by atoms with Crippen LogP contribution in [0.3, 0.4) is 0 Å². The molecule has 0 unspecified atom stereocenters. The second kappa shape index (κ2) is 19.8. The van der Waals surface area contributed by atoms with Crippen molar-refractivity contribution >= 4 is 17.9 Å². The lowest BCUT2D eigenvalue weighted by Gasteiger charge is -2.11. The molecule has 0 heterocycles. The molecule has 0 saturated carbocycles. The van der Waals surface area contributed by atoms with E-state index in [0.717, 1.165) is 31.7 Å². The molecule has 1 N–H and O–H groups in total. The lowest BCUT2D eigenvalue weighted by atomic mass is 10.1. The molecular weight excluding hydrogens is 572 g/mol. The zero-order valence-electron chi connectivity index (χ0n) is 26.6. The number of esters is 2. The highest BCUT2D eigenvalue weighted by Crippen LogP contribution is 2.27. The minimum Gasteiger partial charge on any atom is -0.494 e. The van der Waals surface area contributed by atoms with Crippen LogP contribution in [0.1, 0.15) is 122 Å². The SMILES string of the molecule is CCCCCCCCOc1ccc(C(=O)Oc2ccc(OC(=O)c3ccc(OCCCCCCCC)cc3)c(C(=O)O)c2)cc1. The van der Waals surface area contributed by atoms with Gasteiger partial charge in [0.15, 0.2) is 0 Å². The average molecular weight is 619 g/mol. The predicted octanol–water partition coefficient (Wildman–Crippen LogP) is 9.30. The summed E-state index contributed by atoms with van der Waals surface area (Å²) < 4.78 is 22.3. The van der Waals surface area contributed by atoms with Crippen molar-refractivity contribution in [3.05, 3.63) is 83.4 Å². The van der Waals surface area contributed by atoms with Gasteiger partial charge >= 0.3 is 17.9 Å². The van der Waals surface area contributed by atoms with Gasteiger partial charge < -0.3 is 24.1 Å². The molecule has 0 bridgehead atoms. The largest absolute Gasteiger partial charge is 0.494 e. The van der Waals surface area contributed by atoms with Crippen molar-refractivity contribution in [2.45, 2.75) is 90.9 Å². The molecule has 0 aliphatic carbocycles. The summed E-state index contributed by atoms with van der Waals surface area (Å²) in [5.41, 5.74) is 0.216. The third-order valence-corrected chi connectivity index (χ3v) is 7.31. The van der Waals surface area contributed by atoms with Crippen LogP contribution < -0.4 is 18.9 Å². The molecule has 3 aromatic carbocycles. The number of rotatable bonds is 21. The Morgan fingerprint density at radius 1 is 0.533 bits per heavy atom. The Bertz CT molecular complexity index is 1330. The molecular formula is C37H46O8. The normalized spacial score (nSPS) is 10.7. The van der Waals surface area contributed by atoms with E-state index in [1.54, 1.807) is 48.5 Å². The Balaban J connectivity index is 1.50. The lowest BCUT2D eigenvalue weighted by Crippen LogP contribution is -2.13. The first kappa shape index (κ1) is 35.2. The molecule has 3 aromatic rings. The molecule has 0 amide bonds. The number of carboxylic acids is 1. The van der Waals surface area contributed by atoms with Crippen LogP contribution >= 0.6 is 0 Å². The minimum atomic E-state index is -1.33. The van der Waals surface area contributed by atoms with Gasteiger partial charge in [0.2, 0.25) is 0 Å². The van der Waals surface area contributed by atoms with E-state index in [9.17, 15) is 19.5 Å². The summed E-state index contributed by atoms with van der Waals surface area (Å²) in [6.45, 7) is 5.61. The summed E-state index contributed by atoms with van der Waals surface area (Å²) in [6, 6.07) is 16.9. The van der Waals surface area contributed by atoms with E-state index in [1.807, 2.05) is 0 Å². The molecule has 0 aliphatic rings. The Morgan fingerprint density at radius 2 is 0.956 bits per heavy atom. The molecule has 45 heavy (non-hydrogen) atoms. The maximum absolute atomic E-state index is 12.7. The van der Waals surface area contributed by atoms with Crippen molar-refractivity contribution in [2.75, 3.05) is 13.2 Å². The molecule has 8 heteroatoms. The second-order valence-electron chi connectivity index (χ2n) is 11.0. The van der Waals surface area contributed by atoms with Crippen LogP contribution in [0.2, 0.25) is 0 Å². The summed E-state index contributed by atoms with van der Waals surface area (Å²) in [6.07, 6.45) is 14.1. The van der Waals surface area contributed by atoms with Gasteiger partial charge in [-0.15, -0.1) is 0 Å². The molecule has 242 valence electrons. The monoisotopic (exact) mass is 618 g/mol. The highest BCUT2D eigenvalue weighted by molar-refractivity contribution is 5.96. The van der Waals surface area contributed by atoms with Crippen LogP contribution in [-0.2, 0) is 0 Å². The van der Waals surface area contributed by atoms with E-state index >= 15 is 0 Å².